The summed E-state index contributed by atoms with van der Waals surface area (Å²) in [7, 11) is 1.63. The number of hydrogen-bond donors (Lipinski definition) is 0. The number of amides is 1. The number of anilines is 1. The van der Waals surface area contributed by atoms with Crippen molar-refractivity contribution in [1.82, 2.24) is 9.88 Å². The van der Waals surface area contributed by atoms with Crippen molar-refractivity contribution in [2.45, 2.75) is 26.2 Å². The fraction of sp³-hybridized carbons (Fsp3) is 0.321. The monoisotopic (exact) mass is 470 g/mol. The van der Waals surface area contributed by atoms with Crippen molar-refractivity contribution in [3.05, 3.63) is 76.8 Å². The maximum Gasteiger partial charge on any atom is 0.253 e. The van der Waals surface area contributed by atoms with Crippen molar-refractivity contribution < 1.29 is 13.9 Å². The minimum Gasteiger partial charge on any atom is -0.497 e. The van der Waals surface area contributed by atoms with Crippen LogP contribution in [0.15, 0.2) is 52.9 Å². The van der Waals surface area contributed by atoms with Gasteiger partial charge in [-0.05, 0) is 46.9 Å². The highest BCUT2D eigenvalue weighted by atomic mass is 16.5. The molecule has 0 bridgehead atoms. The number of rotatable bonds is 5. The van der Waals surface area contributed by atoms with Crippen molar-refractivity contribution in [2.24, 2.45) is 0 Å². The molecule has 1 aromatic heterocycles. The third-order valence-corrected chi connectivity index (χ3v) is 6.12. The number of hydrogen-bond acceptors (Lipinski definition) is 6. The molecule has 1 amide bonds. The molecule has 0 unspecified atom stereocenters. The molecule has 7 heteroatoms. The summed E-state index contributed by atoms with van der Waals surface area (Å²) in [5, 5.41) is 9.57. The molecule has 1 fully saturated rings. The first-order valence-electron chi connectivity index (χ1n) is 11.7. The molecule has 35 heavy (non-hydrogen) atoms. The highest BCUT2D eigenvalue weighted by Crippen LogP contribution is 2.26. The number of ether oxygens (including phenoxy) is 1. The second-order valence-corrected chi connectivity index (χ2v) is 9.53. The highest BCUT2D eigenvalue weighted by molar-refractivity contribution is 5.94. The molecule has 0 atom stereocenters. The minimum atomic E-state index is 0.0197. The Morgan fingerprint density at radius 3 is 2.26 bits per heavy atom. The number of aromatic nitrogens is 1. The van der Waals surface area contributed by atoms with Gasteiger partial charge in [-0.3, -0.25) is 4.79 Å². The van der Waals surface area contributed by atoms with Crippen LogP contribution < -0.4 is 9.64 Å². The van der Waals surface area contributed by atoms with Crippen molar-refractivity contribution in [2.75, 3.05) is 38.2 Å². The molecule has 2 heterocycles. The van der Waals surface area contributed by atoms with Gasteiger partial charge in [-0.15, -0.1) is 0 Å². The molecule has 0 saturated carbocycles. The van der Waals surface area contributed by atoms with Gasteiger partial charge in [-0.1, -0.05) is 45.0 Å². The third-order valence-electron chi connectivity index (χ3n) is 6.12. The molecule has 1 saturated heterocycles. The normalized spacial score (nSPS) is 14.3. The van der Waals surface area contributed by atoms with Crippen LogP contribution in [0.5, 0.6) is 5.75 Å². The Morgan fingerprint density at radius 2 is 1.69 bits per heavy atom. The van der Waals surface area contributed by atoms with Gasteiger partial charge < -0.3 is 19.0 Å². The van der Waals surface area contributed by atoms with E-state index >= 15 is 0 Å². The van der Waals surface area contributed by atoms with Crippen molar-refractivity contribution in [3.63, 3.8) is 0 Å². The van der Waals surface area contributed by atoms with Crippen molar-refractivity contribution in [1.29, 1.82) is 5.26 Å². The second-order valence-electron chi connectivity index (χ2n) is 9.53. The van der Waals surface area contributed by atoms with E-state index in [1.165, 1.54) is 5.56 Å². The summed E-state index contributed by atoms with van der Waals surface area (Å²) in [5.41, 5.74) is 3.15. The Kier molecular flexibility index (Phi) is 6.92. The summed E-state index contributed by atoms with van der Waals surface area (Å²) in [6, 6.07) is 17.6. The van der Waals surface area contributed by atoms with E-state index in [1.54, 1.807) is 13.2 Å². The number of carbonyl (C=O) groups is 1. The molecule has 1 aliphatic rings. The van der Waals surface area contributed by atoms with Crippen LogP contribution in [0.4, 0.5) is 5.88 Å². The summed E-state index contributed by atoms with van der Waals surface area (Å²) in [6.07, 6.45) is 3.62. The zero-order valence-corrected chi connectivity index (χ0v) is 20.6. The summed E-state index contributed by atoms with van der Waals surface area (Å²) in [6.45, 7) is 8.69. The molecular weight excluding hydrogens is 440 g/mol. The zero-order valence-electron chi connectivity index (χ0n) is 20.6. The average Bonchev–Trinajstić information content (AvgIpc) is 3.30. The Balaban J connectivity index is 1.40. The lowest BCUT2D eigenvalue weighted by molar-refractivity contribution is 0.0745. The number of nitrogens with zero attached hydrogens (tertiary/aromatic N) is 4. The lowest BCUT2D eigenvalue weighted by Crippen LogP contribution is -2.48. The molecule has 3 aromatic rings. The molecule has 1 aliphatic heterocycles. The van der Waals surface area contributed by atoms with E-state index in [9.17, 15) is 10.1 Å². The molecule has 4 rings (SSSR count). The first-order valence-corrected chi connectivity index (χ1v) is 11.7. The first-order chi connectivity index (χ1) is 16.8. The maximum absolute atomic E-state index is 13.0. The van der Waals surface area contributed by atoms with Crippen LogP contribution in [-0.4, -0.2) is 49.1 Å². The van der Waals surface area contributed by atoms with E-state index in [2.05, 4.69) is 31.8 Å². The van der Waals surface area contributed by atoms with Gasteiger partial charge in [0.1, 0.15) is 11.8 Å². The third kappa shape index (κ3) is 5.55. The van der Waals surface area contributed by atoms with Crippen molar-refractivity contribution in [3.8, 4) is 11.8 Å². The predicted octanol–water partition coefficient (Wildman–Crippen LogP) is 4.99. The first kappa shape index (κ1) is 24.1. The van der Waals surface area contributed by atoms with Gasteiger partial charge in [-0.2, -0.15) is 10.2 Å². The van der Waals surface area contributed by atoms with E-state index in [0.29, 0.717) is 43.5 Å². The Hall–Kier alpha value is -4.05. The lowest BCUT2D eigenvalue weighted by Gasteiger charge is -2.34. The Morgan fingerprint density at radius 1 is 1.03 bits per heavy atom. The summed E-state index contributed by atoms with van der Waals surface area (Å²) in [4.78, 5) is 21.1. The Labute approximate surface area is 206 Å². The summed E-state index contributed by atoms with van der Waals surface area (Å²) >= 11 is 0. The second kappa shape index (κ2) is 10.1. The topological polar surface area (TPSA) is 82.6 Å². The molecule has 0 radical (unpaired) electrons. The van der Waals surface area contributed by atoms with Gasteiger partial charge in [0.25, 0.3) is 5.91 Å². The number of piperazine rings is 1. The van der Waals surface area contributed by atoms with E-state index < -0.39 is 0 Å². The van der Waals surface area contributed by atoms with Crippen LogP contribution in [0.25, 0.3) is 12.2 Å². The number of benzene rings is 2. The van der Waals surface area contributed by atoms with Gasteiger partial charge in [0.15, 0.2) is 0 Å². The SMILES string of the molecule is COc1ccc(/C=C/c2nc(C#N)c(N3CCN(C(=O)c4ccc(C(C)(C)C)cc4)CC3)o2)cc1. The van der Waals surface area contributed by atoms with Crippen LogP contribution in [0.1, 0.15) is 53.8 Å². The minimum absolute atomic E-state index is 0.0197. The largest absolute Gasteiger partial charge is 0.497 e. The van der Waals surface area contributed by atoms with Crippen LogP contribution in [0, 0.1) is 11.3 Å². The molecular formula is C28H30N4O3. The number of nitriles is 1. The number of carbonyl (C=O) groups excluding carboxylic acids is 1. The van der Waals surface area contributed by atoms with E-state index in [-0.39, 0.29) is 17.0 Å². The van der Waals surface area contributed by atoms with Gasteiger partial charge >= 0.3 is 0 Å². The smallest absolute Gasteiger partial charge is 0.253 e. The highest BCUT2D eigenvalue weighted by Gasteiger charge is 2.26. The molecule has 0 N–H and O–H groups in total. The molecule has 7 nitrogen and oxygen atoms in total. The summed E-state index contributed by atoms with van der Waals surface area (Å²) < 4.78 is 11.1. The van der Waals surface area contributed by atoms with Crippen LogP contribution in [0.3, 0.4) is 0 Å². The van der Waals surface area contributed by atoms with E-state index in [0.717, 1.165) is 11.3 Å². The van der Waals surface area contributed by atoms with Gasteiger partial charge in [0.05, 0.1) is 7.11 Å². The van der Waals surface area contributed by atoms with Crippen LogP contribution >= 0.6 is 0 Å². The molecule has 0 spiro atoms. The van der Waals surface area contributed by atoms with Crippen molar-refractivity contribution >= 4 is 23.9 Å². The molecule has 0 aliphatic carbocycles. The molecule has 180 valence electrons. The number of methoxy groups -OCH3 is 1. The Bertz CT molecular complexity index is 1240. The summed E-state index contributed by atoms with van der Waals surface area (Å²) in [5.74, 6) is 1.62. The zero-order chi connectivity index (χ0) is 25.0. The fourth-order valence-corrected chi connectivity index (χ4v) is 3.98. The lowest BCUT2D eigenvalue weighted by atomic mass is 9.86. The number of oxazole rings is 1. The maximum atomic E-state index is 13.0. The predicted molar refractivity (Wildman–Crippen MR) is 136 cm³/mol. The fourth-order valence-electron chi connectivity index (χ4n) is 3.98. The van der Waals surface area contributed by atoms with Gasteiger partial charge in [-0.25, -0.2) is 0 Å². The van der Waals surface area contributed by atoms with Gasteiger partial charge in [0.2, 0.25) is 17.5 Å². The van der Waals surface area contributed by atoms with Crippen LogP contribution in [0.2, 0.25) is 0 Å². The average molecular weight is 471 g/mol. The quantitative estimate of drug-likeness (QED) is 0.523. The van der Waals surface area contributed by atoms with Crippen LogP contribution in [-0.2, 0) is 5.41 Å². The van der Waals surface area contributed by atoms with Gasteiger partial charge in [0, 0.05) is 37.8 Å². The molecule has 2 aromatic carbocycles. The standard InChI is InChI=1S/C28H30N4O3/c1-28(2,3)22-10-8-21(9-11-22)26(33)31-15-17-32(18-16-31)27-24(19-29)30-25(35-27)14-7-20-5-12-23(34-4)13-6-20/h5-14H,15-18H2,1-4H3/b14-7+. The van der Waals surface area contributed by atoms with E-state index in [4.69, 9.17) is 9.15 Å². The van der Waals surface area contributed by atoms with E-state index in [1.807, 2.05) is 64.4 Å².